The van der Waals surface area contributed by atoms with Crippen LogP contribution in [0.1, 0.15) is 16.7 Å². The van der Waals surface area contributed by atoms with Crippen molar-refractivity contribution < 1.29 is 43.4 Å². The molecule has 0 saturated carbocycles. The molecule has 0 aliphatic carbocycles. The lowest BCUT2D eigenvalue weighted by Crippen LogP contribution is -2.65. The molecule has 31 heavy (non-hydrogen) atoms. The molecule has 7 nitrogen and oxygen atoms in total. The summed E-state index contributed by atoms with van der Waals surface area (Å²) >= 11 is 6.26. The zero-order valence-electron chi connectivity index (χ0n) is 16.4. The van der Waals surface area contributed by atoms with Crippen LogP contribution in [0.4, 0.5) is 8.78 Å². The lowest BCUT2D eigenvalue weighted by Gasteiger charge is -2.46. The van der Waals surface area contributed by atoms with Crippen LogP contribution in [0.3, 0.4) is 0 Å². The zero-order valence-corrected chi connectivity index (χ0v) is 17.1. The number of rotatable bonds is 5. The quantitative estimate of drug-likeness (QED) is 0.534. The highest BCUT2D eigenvalue weighted by atomic mass is 35.5. The SMILES string of the molecule is COc1ccc(Cc2cc([C@@]34OCC(CO)(O3)[C@@H](O)[C@H](O)[C@H]4O)ccc2Cl)c(F)c1F. The molecular formula is C21H21ClF2O7. The van der Waals surface area contributed by atoms with Gasteiger partial charge in [-0.05, 0) is 29.3 Å². The molecule has 2 bridgehead atoms. The lowest BCUT2D eigenvalue weighted by molar-refractivity contribution is -0.329. The van der Waals surface area contributed by atoms with Crippen LogP contribution < -0.4 is 4.74 Å². The summed E-state index contributed by atoms with van der Waals surface area (Å²) in [6.07, 6.45) is -5.02. The third-order valence-electron chi connectivity index (χ3n) is 5.90. The second kappa shape index (κ2) is 7.93. The maximum Gasteiger partial charge on any atom is 0.225 e. The first-order valence-electron chi connectivity index (χ1n) is 9.48. The third kappa shape index (κ3) is 3.32. The Morgan fingerprint density at radius 2 is 1.84 bits per heavy atom. The average Bonchev–Trinajstić information content (AvgIpc) is 3.16. The van der Waals surface area contributed by atoms with E-state index in [1.165, 1.54) is 37.4 Å². The van der Waals surface area contributed by atoms with Crippen LogP contribution in [0.25, 0.3) is 0 Å². The molecule has 0 amide bonds. The monoisotopic (exact) mass is 458 g/mol. The maximum atomic E-state index is 14.4. The highest BCUT2D eigenvalue weighted by Crippen LogP contribution is 2.49. The van der Waals surface area contributed by atoms with Crippen molar-refractivity contribution in [2.75, 3.05) is 20.3 Å². The molecule has 2 aromatic rings. The molecule has 0 aromatic heterocycles. The van der Waals surface area contributed by atoms with Crippen molar-refractivity contribution in [3.8, 4) is 5.75 Å². The van der Waals surface area contributed by atoms with Crippen molar-refractivity contribution in [2.45, 2.75) is 36.1 Å². The third-order valence-corrected chi connectivity index (χ3v) is 6.27. The molecule has 2 saturated heterocycles. The number of hydrogen-bond acceptors (Lipinski definition) is 7. The molecule has 4 N–H and O–H groups in total. The van der Waals surface area contributed by atoms with Gasteiger partial charge in [-0.25, -0.2) is 4.39 Å². The van der Waals surface area contributed by atoms with Crippen molar-refractivity contribution in [3.63, 3.8) is 0 Å². The van der Waals surface area contributed by atoms with Gasteiger partial charge in [0.05, 0.1) is 20.3 Å². The molecular weight excluding hydrogens is 438 g/mol. The van der Waals surface area contributed by atoms with Gasteiger partial charge in [-0.1, -0.05) is 23.7 Å². The molecule has 1 unspecified atom stereocenters. The molecule has 168 valence electrons. The molecule has 10 heteroatoms. The summed E-state index contributed by atoms with van der Waals surface area (Å²) in [5.74, 6) is -4.32. The van der Waals surface area contributed by atoms with Crippen molar-refractivity contribution in [1.29, 1.82) is 0 Å². The average molecular weight is 459 g/mol. The molecule has 4 rings (SSSR count). The number of ether oxygens (including phenoxy) is 3. The zero-order chi connectivity index (χ0) is 22.6. The van der Waals surface area contributed by atoms with E-state index in [1.807, 2.05) is 0 Å². The number of halogens is 3. The number of hydrogen-bond donors (Lipinski definition) is 4. The van der Waals surface area contributed by atoms with E-state index >= 15 is 0 Å². The van der Waals surface area contributed by atoms with E-state index in [4.69, 9.17) is 25.8 Å². The second-order valence-electron chi connectivity index (χ2n) is 7.70. The summed E-state index contributed by atoms with van der Waals surface area (Å²) in [6, 6.07) is 7.09. The van der Waals surface area contributed by atoms with E-state index in [-0.39, 0.29) is 34.9 Å². The van der Waals surface area contributed by atoms with E-state index in [9.17, 15) is 29.2 Å². The molecule has 2 aliphatic heterocycles. The van der Waals surface area contributed by atoms with E-state index in [2.05, 4.69) is 0 Å². The van der Waals surface area contributed by atoms with E-state index in [0.717, 1.165) is 0 Å². The Kier molecular flexibility index (Phi) is 5.72. The minimum Gasteiger partial charge on any atom is -0.494 e. The fraction of sp³-hybridized carbons (Fsp3) is 0.429. The first-order chi connectivity index (χ1) is 14.7. The van der Waals surface area contributed by atoms with Gasteiger partial charge in [-0.15, -0.1) is 0 Å². The van der Waals surface area contributed by atoms with E-state index in [1.54, 1.807) is 0 Å². The van der Waals surface area contributed by atoms with Crippen LogP contribution in [-0.4, -0.2) is 64.7 Å². The summed E-state index contributed by atoms with van der Waals surface area (Å²) < 4.78 is 44.8. The summed E-state index contributed by atoms with van der Waals surface area (Å²) in [7, 11) is 1.23. The molecule has 2 fully saturated rings. The first-order valence-corrected chi connectivity index (χ1v) is 9.86. The van der Waals surface area contributed by atoms with Gasteiger partial charge in [0.25, 0.3) is 0 Å². The van der Waals surface area contributed by atoms with Crippen LogP contribution in [-0.2, 0) is 21.7 Å². The first kappa shape index (κ1) is 22.3. The highest BCUT2D eigenvalue weighted by molar-refractivity contribution is 6.31. The highest BCUT2D eigenvalue weighted by Gasteiger charge is 2.67. The van der Waals surface area contributed by atoms with Gasteiger partial charge >= 0.3 is 0 Å². The Morgan fingerprint density at radius 1 is 1.10 bits per heavy atom. The Hall–Kier alpha value is -1.85. The summed E-state index contributed by atoms with van der Waals surface area (Å²) in [5.41, 5.74) is -0.995. The standard InChI is InChI=1S/C21H21ClF2O7/c1-29-14-5-2-10(15(23)16(14)24)6-11-7-12(3-4-13(11)22)21-19(28)17(26)18(27)20(8-25,31-21)9-30-21/h2-5,7,17-19,25-28H,6,8-9H2,1H3/t17-,18-,19+,20?,21+/m0/s1. The fourth-order valence-corrected chi connectivity index (χ4v) is 4.26. The number of fused-ring (bicyclic) bond motifs is 2. The second-order valence-corrected chi connectivity index (χ2v) is 8.11. The van der Waals surface area contributed by atoms with Crippen LogP contribution in [0.15, 0.2) is 30.3 Å². The van der Waals surface area contributed by atoms with Gasteiger partial charge in [-0.2, -0.15) is 4.39 Å². The summed E-state index contributed by atoms with van der Waals surface area (Å²) in [6.45, 7) is -0.939. The predicted molar refractivity (Wildman–Crippen MR) is 104 cm³/mol. The Labute approximate surface area is 181 Å². The van der Waals surface area contributed by atoms with Crippen LogP contribution >= 0.6 is 11.6 Å². The molecule has 5 atom stereocenters. The summed E-state index contributed by atoms with van der Waals surface area (Å²) in [5, 5.41) is 41.2. The number of aliphatic hydroxyl groups is 4. The van der Waals surface area contributed by atoms with Crippen molar-refractivity contribution >= 4 is 11.6 Å². The molecule has 2 heterocycles. The number of methoxy groups -OCH3 is 1. The van der Waals surface area contributed by atoms with Gasteiger partial charge in [0.2, 0.25) is 11.6 Å². The molecule has 2 aromatic carbocycles. The van der Waals surface area contributed by atoms with Crippen LogP contribution in [0.2, 0.25) is 5.02 Å². The van der Waals surface area contributed by atoms with Crippen molar-refractivity contribution in [1.82, 2.24) is 0 Å². The largest absolute Gasteiger partial charge is 0.494 e. The van der Waals surface area contributed by atoms with Crippen LogP contribution in [0.5, 0.6) is 5.75 Å². The van der Waals surface area contributed by atoms with Crippen molar-refractivity contribution in [2.24, 2.45) is 0 Å². The molecule has 0 radical (unpaired) electrons. The van der Waals surface area contributed by atoms with Gasteiger partial charge in [0.15, 0.2) is 11.6 Å². The normalized spacial score (nSPS) is 32.3. The smallest absolute Gasteiger partial charge is 0.225 e. The van der Waals surface area contributed by atoms with E-state index in [0.29, 0.717) is 5.56 Å². The van der Waals surface area contributed by atoms with E-state index < -0.39 is 47.9 Å². The lowest BCUT2D eigenvalue weighted by atomic mass is 9.83. The van der Waals surface area contributed by atoms with Crippen molar-refractivity contribution in [3.05, 3.63) is 63.7 Å². The van der Waals surface area contributed by atoms with Gasteiger partial charge in [-0.3, -0.25) is 0 Å². The fourth-order valence-electron chi connectivity index (χ4n) is 4.07. The molecule has 2 aliphatic rings. The Morgan fingerprint density at radius 3 is 2.52 bits per heavy atom. The van der Waals surface area contributed by atoms with Crippen LogP contribution in [0, 0.1) is 11.6 Å². The number of aliphatic hydroxyl groups excluding tert-OH is 4. The minimum absolute atomic E-state index is 0.0208. The predicted octanol–water partition coefficient (Wildman–Crippen LogP) is 1.24. The van der Waals surface area contributed by atoms with Gasteiger partial charge < -0.3 is 34.6 Å². The van der Waals surface area contributed by atoms with Gasteiger partial charge in [0, 0.05) is 17.0 Å². The van der Waals surface area contributed by atoms with Gasteiger partial charge in [0.1, 0.15) is 23.9 Å². The maximum absolute atomic E-state index is 14.4. The number of benzene rings is 2. The summed E-state index contributed by atoms with van der Waals surface area (Å²) in [4.78, 5) is 0. The molecule has 0 spiro atoms. The Balaban J connectivity index is 1.73. The Bertz CT molecular complexity index is 1010. The topological polar surface area (TPSA) is 109 Å². The minimum atomic E-state index is -1.88.